The fraction of sp³-hybridized carbons (Fsp3) is 0.867. The average molecular weight is 282 g/mol. The number of fused-ring (bicyclic) bond motifs is 2. The zero-order valence-corrected chi connectivity index (χ0v) is 12.5. The maximum absolute atomic E-state index is 11.7. The third-order valence-electron chi connectivity index (χ3n) is 4.49. The highest BCUT2D eigenvalue weighted by Crippen LogP contribution is 2.39. The van der Waals surface area contributed by atoms with Crippen LogP contribution in [0.4, 0.5) is 0 Å². The highest BCUT2D eigenvalue weighted by Gasteiger charge is 2.40. The molecular weight excluding hydrogens is 256 g/mol. The molecule has 2 saturated heterocycles. The first-order valence-corrected chi connectivity index (χ1v) is 7.72. The second-order valence-corrected chi connectivity index (χ2v) is 6.53. The Hall–Kier alpha value is -1.10. The fourth-order valence-corrected chi connectivity index (χ4v) is 3.79. The molecule has 2 rings (SSSR count). The normalized spacial score (nSPS) is 29.6. The lowest BCUT2D eigenvalue weighted by Crippen LogP contribution is -2.45. The number of carboxylic acids is 1. The first kappa shape index (κ1) is 15.3. The van der Waals surface area contributed by atoms with Crippen molar-refractivity contribution in [3.63, 3.8) is 0 Å². The molecule has 2 aliphatic heterocycles. The summed E-state index contributed by atoms with van der Waals surface area (Å²) < 4.78 is 0. The van der Waals surface area contributed by atoms with Crippen LogP contribution in [0.2, 0.25) is 0 Å². The van der Waals surface area contributed by atoms with Crippen molar-refractivity contribution in [2.24, 2.45) is 5.92 Å². The van der Waals surface area contributed by atoms with Gasteiger partial charge >= 0.3 is 5.97 Å². The minimum Gasteiger partial charge on any atom is -0.481 e. The molecule has 2 fully saturated rings. The number of nitrogens with zero attached hydrogens (tertiary/aromatic N) is 1. The lowest BCUT2D eigenvalue weighted by Gasteiger charge is -2.38. The Bertz CT molecular complexity index is 356. The van der Waals surface area contributed by atoms with E-state index in [0.717, 1.165) is 32.2 Å². The Morgan fingerprint density at radius 3 is 2.35 bits per heavy atom. The van der Waals surface area contributed by atoms with Crippen LogP contribution in [-0.2, 0) is 9.59 Å². The lowest BCUT2D eigenvalue weighted by molar-refractivity contribution is -0.138. The van der Waals surface area contributed by atoms with E-state index in [1.54, 1.807) is 0 Å². The number of hydrogen-bond acceptors (Lipinski definition) is 3. The van der Waals surface area contributed by atoms with E-state index < -0.39 is 5.97 Å². The van der Waals surface area contributed by atoms with Crippen molar-refractivity contribution in [1.82, 2.24) is 10.2 Å². The molecule has 0 aromatic carbocycles. The molecule has 0 aliphatic carbocycles. The summed E-state index contributed by atoms with van der Waals surface area (Å²) in [6.45, 7) is 4.76. The van der Waals surface area contributed by atoms with Gasteiger partial charge in [-0.05, 0) is 45.4 Å². The summed E-state index contributed by atoms with van der Waals surface area (Å²) in [5.74, 6) is -0.239. The predicted molar refractivity (Wildman–Crippen MR) is 76.4 cm³/mol. The van der Waals surface area contributed by atoms with E-state index in [9.17, 15) is 9.59 Å². The number of carboxylic acid groups (broad SMARTS) is 1. The van der Waals surface area contributed by atoms with Crippen molar-refractivity contribution >= 4 is 11.9 Å². The van der Waals surface area contributed by atoms with Crippen LogP contribution in [0.1, 0.15) is 52.4 Å². The van der Waals surface area contributed by atoms with E-state index in [-0.39, 0.29) is 11.9 Å². The topological polar surface area (TPSA) is 69.6 Å². The molecule has 2 aliphatic rings. The monoisotopic (exact) mass is 282 g/mol. The van der Waals surface area contributed by atoms with E-state index >= 15 is 0 Å². The predicted octanol–water partition coefficient (Wildman–Crippen LogP) is 1.62. The lowest BCUT2D eigenvalue weighted by atomic mass is 9.88. The second-order valence-electron chi connectivity index (χ2n) is 6.53. The number of nitrogens with one attached hydrogen (secondary N) is 1. The van der Waals surface area contributed by atoms with E-state index in [4.69, 9.17) is 5.11 Å². The number of piperidine rings is 1. The molecule has 2 unspecified atom stereocenters. The average Bonchev–Trinajstić information content (AvgIpc) is 2.55. The Labute approximate surface area is 120 Å². The molecular formula is C15H26N2O3. The van der Waals surface area contributed by atoms with Crippen molar-refractivity contribution in [2.45, 2.75) is 70.5 Å². The third kappa shape index (κ3) is 3.95. The SMILES string of the molecule is CC(C)NC(=O)CCN1C2CCC1CC(CC(=O)O)C2. The number of rotatable bonds is 6. The van der Waals surface area contributed by atoms with Crippen LogP contribution in [0.3, 0.4) is 0 Å². The van der Waals surface area contributed by atoms with Gasteiger partial charge in [-0.2, -0.15) is 0 Å². The summed E-state index contributed by atoms with van der Waals surface area (Å²) >= 11 is 0. The molecule has 0 aromatic heterocycles. The van der Waals surface area contributed by atoms with Crippen LogP contribution in [0.25, 0.3) is 0 Å². The van der Waals surface area contributed by atoms with Crippen molar-refractivity contribution in [2.75, 3.05) is 6.54 Å². The second kappa shape index (κ2) is 6.57. The fourth-order valence-electron chi connectivity index (χ4n) is 3.79. The van der Waals surface area contributed by atoms with Gasteiger partial charge in [-0.3, -0.25) is 14.5 Å². The van der Waals surface area contributed by atoms with Gasteiger partial charge in [-0.1, -0.05) is 0 Å². The molecule has 2 bridgehead atoms. The van der Waals surface area contributed by atoms with Crippen LogP contribution in [0.15, 0.2) is 0 Å². The minimum atomic E-state index is -0.681. The molecule has 2 N–H and O–H groups in total. The molecule has 0 aromatic rings. The Kier molecular flexibility index (Phi) is 5.02. The number of amides is 1. The summed E-state index contributed by atoms with van der Waals surface area (Å²) in [6, 6.07) is 1.18. The largest absolute Gasteiger partial charge is 0.481 e. The van der Waals surface area contributed by atoms with Gasteiger partial charge in [0.2, 0.25) is 5.91 Å². The Balaban J connectivity index is 1.80. The van der Waals surface area contributed by atoms with Gasteiger partial charge in [-0.15, -0.1) is 0 Å². The van der Waals surface area contributed by atoms with E-state index in [1.807, 2.05) is 13.8 Å². The molecule has 114 valence electrons. The van der Waals surface area contributed by atoms with Crippen molar-refractivity contribution in [3.05, 3.63) is 0 Å². The standard InChI is InChI=1S/C15H26N2O3/c1-10(2)16-14(18)5-6-17-12-3-4-13(17)8-11(7-12)9-15(19)20/h10-13H,3-9H2,1-2H3,(H,16,18)(H,19,20). The molecule has 0 radical (unpaired) electrons. The molecule has 0 spiro atoms. The summed E-state index contributed by atoms with van der Waals surface area (Å²) in [6.07, 6.45) is 5.13. The maximum Gasteiger partial charge on any atom is 0.303 e. The van der Waals surface area contributed by atoms with Crippen LogP contribution in [-0.4, -0.2) is 46.6 Å². The third-order valence-corrected chi connectivity index (χ3v) is 4.49. The van der Waals surface area contributed by atoms with Gasteiger partial charge < -0.3 is 10.4 Å². The molecule has 5 heteroatoms. The zero-order chi connectivity index (χ0) is 14.7. The Morgan fingerprint density at radius 2 is 1.85 bits per heavy atom. The van der Waals surface area contributed by atoms with Crippen LogP contribution in [0, 0.1) is 5.92 Å². The first-order chi connectivity index (χ1) is 9.45. The molecule has 5 nitrogen and oxygen atoms in total. The van der Waals surface area contributed by atoms with Crippen LogP contribution >= 0.6 is 0 Å². The van der Waals surface area contributed by atoms with E-state index in [2.05, 4.69) is 10.2 Å². The van der Waals surface area contributed by atoms with Crippen molar-refractivity contribution < 1.29 is 14.7 Å². The van der Waals surface area contributed by atoms with Crippen molar-refractivity contribution in [3.8, 4) is 0 Å². The van der Waals surface area contributed by atoms with E-state index in [0.29, 0.717) is 30.8 Å². The van der Waals surface area contributed by atoms with Gasteiger partial charge in [0.1, 0.15) is 0 Å². The summed E-state index contributed by atoms with van der Waals surface area (Å²) in [4.78, 5) is 25.0. The number of carbonyl (C=O) groups is 2. The van der Waals surface area contributed by atoms with Crippen LogP contribution < -0.4 is 5.32 Å². The maximum atomic E-state index is 11.7. The molecule has 20 heavy (non-hydrogen) atoms. The summed E-state index contributed by atoms with van der Waals surface area (Å²) in [5, 5.41) is 11.8. The van der Waals surface area contributed by atoms with Gasteiger partial charge in [0, 0.05) is 37.5 Å². The molecule has 2 heterocycles. The van der Waals surface area contributed by atoms with E-state index in [1.165, 1.54) is 0 Å². The minimum absolute atomic E-state index is 0.118. The highest BCUT2D eigenvalue weighted by atomic mass is 16.4. The molecule has 1 amide bonds. The number of hydrogen-bond donors (Lipinski definition) is 2. The number of aliphatic carboxylic acids is 1. The summed E-state index contributed by atoms with van der Waals surface area (Å²) in [5.41, 5.74) is 0. The molecule has 0 saturated carbocycles. The van der Waals surface area contributed by atoms with Crippen LogP contribution in [0.5, 0.6) is 0 Å². The number of carbonyl (C=O) groups excluding carboxylic acids is 1. The smallest absolute Gasteiger partial charge is 0.303 e. The first-order valence-electron chi connectivity index (χ1n) is 7.72. The van der Waals surface area contributed by atoms with Gasteiger partial charge in [0.25, 0.3) is 0 Å². The van der Waals surface area contributed by atoms with Gasteiger partial charge in [0.05, 0.1) is 0 Å². The van der Waals surface area contributed by atoms with Crippen molar-refractivity contribution in [1.29, 1.82) is 0 Å². The zero-order valence-electron chi connectivity index (χ0n) is 12.5. The molecule has 2 atom stereocenters. The van der Waals surface area contributed by atoms with Gasteiger partial charge in [-0.25, -0.2) is 0 Å². The quantitative estimate of drug-likeness (QED) is 0.776. The van der Waals surface area contributed by atoms with Gasteiger partial charge in [0.15, 0.2) is 0 Å². The highest BCUT2D eigenvalue weighted by molar-refractivity contribution is 5.76. The Morgan fingerprint density at radius 1 is 1.25 bits per heavy atom. The summed E-state index contributed by atoms with van der Waals surface area (Å²) in [7, 11) is 0.